The number of benzene rings is 2. The largest absolute Gasteiger partial charge is 0.352 e. The molecule has 0 spiro atoms. The van der Waals surface area contributed by atoms with E-state index in [9.17, 15) is 4.79 Å². The van der Waals surface area contributed by atoms with E-state index in [2.05, 4.69) is 39.3 Å². The first-order valence-electron chi connectivity index (χ1n) is 8.75. The lowest BCUT2D eigenvalue weighted by Crippen LogP contribution is -2.26. The number of nitrogens with zero attached hydrogens (tertiary/aromatic N) is 1. The van der Waals surface area contributed by atoms with Crippen molar-refractivity contribution in [3.63, 3.8) is 0 Å². The first-order valence-corrected chi connectivity index (χ1v) is 9.52. The van der Waals surface area contributed by atoms with Crippen molar-refractivity contribution in [2.45, 2.75) is 19.3 Å². The van der Waals surface area contributed by atoms with Crippen molar-refractivity contribution in [2.75, 3.05) is 19.6 Å². The molecule has 25 heavy (non-hydrogen) atoms. The molecular weight excluding hydrogens is 330 g/mol. The highest BCUT2D eigenvalue weighted by molar-refractivity contribution is 7.13. The number of amides is 1. The lowest BCUT2D eigenvalue weighted by Gasteiger charge is -2.09. The smallest absolute Gasteiger partial charge is 0.251 e. The van der Waals surface area contributed by atoms with Gasteiger partial charge in [-0.2, -0.15) is 4.37 Å². The summed E-state index contributed by atoms with van der Waals surface area (Å²) in [5.41, 5.74) is 4.47. The SMILES string of the molecule is O=C(NCCc1nsc2ccccc12)c1ccc2c(c1)CCNCC2. The number of aromatic nitrogens is 1. The minimum Gasteiger partial charge on any atom is -0.352 e. The Morgan fingerprint density at radius 1 is 1.12 bits per heavy atom. The Hall–Kier alpha value is -2.24. The van der Waals surface area contributed by atoms with Gasteiger partial charge in [0, 0.05) is 23.9 Å². The van der Waals surface area contributed by atoms with Gasteiger partial charge in [0.25, 0.3) is 5.91 Å². The van der Waals surface area contributed by atoms with Crippen LogP contribution in [-0.4, -0.2) is 29.9 Å². The van der Waals surface area contributed by atoms with Gasteiger partial charge in [-0.15, -0.1) is 0 Å². The summed E-state index contributed by atoms with van der Waals surface area (Å²) in [6, 6.07) is 14.3. The molecule has 0 saturated heterocycles. The van der Waals surface area contributed by atoms with Crippen molar-refractivity contribution in [1.29, 1.82) is 0 Å². The average Bonchev–Trinajstić information content (AvgIpc) is 2.90. The summed E-state index contributed by atoms with van der Waals surface area (Å²) >= 11 is 1.52. The number of carbonyl (C=O) groups is 1. The molecule has 2 N–H and O–H groups in total. The second kappa shape index (κ2) is 7.33. The second-order valence-corrected chi connectivity index (χ2v) is 7.17. The summed E-state index contributed by atoms with van der Waals surface area (Å²) in [4.78, 5) is 12.5. The van der Waals surface area contributed by atoms with Gasteiger partial charge >= 0.3 is 0 Å². The fourth-order valence-electron chi connectivity index (χ4n) is 3.33. The van der Waals surface area contributed by atoms with Crippen LogP contribution < -0.4 is 10.6 Å². The van der Waals surface area contributed by atoms with Crippen LogP contribution in [0.5, 0.6) is 0 Å². The third kappa shape index (κ3) is 3.57. The third-order valence-electron chi connectivity index (χ3n) is 4.71. The summed E-state index contributed by atoms with van der Waals surface area (Å²) in [7, 11) is 0. The minimum atomic E-state index is -0.000425. The minimum absolute atomic E-state index is 0.000425. The average molecular weight is 351 g/mol. The lowest BCUT2D eigenvalue weighted by atomic mass is 10.00. The monoisotopic (exact) mass is 351 g/mol. The molecule has 0 bridgehead atoms. The van der Waals surface area contributed by atoms with Crippen LogP contribution >= 0.6 is 11.5 Å². The summed E-state index contributed by atoms with van der Waals surface area (Å²) in [6.07, 6.45) is 2.78. The molecule has 0 saturated carbocycles. The highest BCUT2D eigenvalue weighted by atomic mass is 32.1. The normalized spacial score (nSPS) is 14.1. The van der Waals surface area contributed by atoms with E-state index in [-0.39, 0.29) is 5.91 Å². The van der Waals surface area contributed by atoms with Crippen LogP contribution in [0.3, 0.4) is 0 Å². The van der Waals surface area contributed by atoms with E-state index in [0.29, 0.717) is 6.54 Å². The molecule has 1 aromatic heterocycles. The van der Waals surface area contributed by atoms with Crippen molar-refractivity contribution < 1.29 is 4.79 Å². The zero-order chi connectivity index (χ0) is 17.1. The van der Waals surface area contributed by atoms with Crippen molar-refractivity contribution in [3.8, 4) is 0 Å². The first-order chi connectivity index (χ1) is 12.3. The molecule has 0 atom stereocenters. The zero-order valence-electron chi connectivity index (χ0n) is 14.0. The Kier molecular flexibility index (Phi) is 4.76. The van der Waals surface area contributed by atoms with Gasteiger partial charge < -0.3 is 10.6 Å². The fourth-order valence-corrected chi connectivity index (χ4v) is 4.15. The summed E-state index contributed by atoms with van der Waals surface area (Å²) in [5, 5.41) is 7.63. The lowest BCUT2D eigenvalue weighted by molar-refractivity contribution is 0.0954. The number of carbonyl (C=O) groups excluding carboxylic acids is 1. The van der Waals surface area contributed by atoms with Gasteiger partial charge in [-0.1, -0.05) is 24.3 Å². The highest BCUT2D eigenvalue weighted by Crippen LogP contribution is 2.22. The van der Waals surface area contributed by atoms with Crippen LogP contribution in [0.15, 0.2) is 42.5 Å². The maximum Gasteiger partial charge on any atom is 0.251 e. The van der Waals surface area contributed by atoms with E-state index in [4.69, 9.17) is 0 Å². The van der Waals surface area contributed by atoms with E-state index in [1.165, 1.54) is 32.7 Å². The molecule has 2 heterocycles. The number of rotatable bonds is 4. The summed E-state index contributed by atoms with van der Waals surface area (Å²) < 4.78 is 5.71. The van der Waals surface area contributed by atoms with E-state index < -0.39 is 0 Å². The Labute approximate surface area is 151 Å². The number of nitrogens with one attached hydrogen (secondary N) is 2. The number of hydrogen-bond acceptors (Lipinski definition) is 4. The Morgan fingerprint density at radius 2 is 1.96 bits per heavy atom. The molecule has 1 amide bonds. The van der Waals surface area contributed by atoms with E-state index >= 15 is 0 Å². The standard InChI is InChI=1S/C20H21N3OS/c24-20(16-6-5-14-7-10-21-11-8-15(14)13-16)22-12-9-18-17-3-1-2-4-19(17)25-23-18/h1-6,13,21H,7-12H2,(H,22,24). The quantitative estimate of drug-likeness (QED) is 0.760. The molecule has 1 aliphatic heterocycles. The van der Waals surface area contributed by atoms with E-state index in [0.717, 1.165) is 43.6 Å². The first kappa shape index (κ1) is 16.2. The van der Waals surface area contributed by atoms with Gasteiger partial charge in [-0.25, -0.2) is 0 Å². The van der Waals surface area contributed by atoms with Crippen LogP contribution in [0, 0.1) is 0 Å². The van der Waals surface area contributed by atoms with Crippen LogP contribution in [-0.2, 0) is 19.3 Å². The molecule has 0 fully saturated rings. The maximum absolute atomic E-state index is 12.5. The molecule has 128 valence electrons. The van der Waals surface area contributed by atoms with Gasteiger partial charge in [0.05, 0.1) is 10.4 Å². The van der Waals surface area contributed by atoms with Gasteiger partial charge in [-0.3, -0.25) is 4.79 Å². The number of fused-ring (bicyclic) bond motifs is 2. The van der Waals surface area contributed by atoms with E-state index in [1.54, 1.807) is 0 Å². The molecule has 4 nitrogen and oxygen atoms in total. The van der Waals surface area contributed by atoms with Gasteiger partial charge in [0.1, 0.15) is 0 Å². The predicted molar refractivity (Wildman–Crippen MR) is 102 cm³/mol. The van der Waals surface area contributed by atoms with Crippen molar-refractivity contribution in [3.05, 3.63) is 64.8 Å². The number of hydrogen-bond donors (Lipinski definition) is 2. The van der Waals surface area contributed by atoms with Crippen LogP contribution in [0.25, 0.3) is 10.1 Å². The Balaban J connectivity index is 1.40. The third-order valence-corrected chi connectivity index (χ3v) is 5.57. The van der Waals surface area contributed by atoms with Crippen LogP contribution in [0.2, 0.25) is 0 Å². The molecule has 3 aromatic rings. The van der Waals surface area contributed by atoms with Crippen LogP contribution in [0.1, 0.15) is 27.2 Å². The highest BCUT2D eigenvalue weighted by Gasteiger charge is 2.12. The van der Waals surface area contributed by atoms with E-state index in [1.807, 2.05) is 18.2 Å². The van der Waals surface area contributed by atoms with Crippen molar-refractivity contribution in [2.24, 2.45) is 0 Å². The fraction of sp³-hybridized carbons (Fsp3) is 0.300. The topological polar surface area (TPSA) is 54.0 Å². The molecule has 0 aliphatic carbocycles. The van der Waals surface area contributed by atoms with Gasteiger partial charge in [0.15, 0.2) is 0 Å². The van der Waals surface area contributed by atoms with Gasteiger partial charge in [-0.05, 0) is 66.8 Å². The molecule has 0 unspecified atom stereocenters. The summed E-state index contributed by atoms with van der Waals surface area (Å²) in [6.45, 7) is 2.60. The maximum atomic E-state index is 12.5. The van der Waals surface area contributed by atoms with Gasteiger partial charge in [0.2, 0.25) is 0 Å². The van der Waals surface area contributed by atoms with Crippen molar-refractivity contribution in [1.82, 2.24) is 15.0 Å². The molecule has 1 aliphatic rings. The predicted octanol–water partition coefficient (Wildman–Crippen LogP) is 2.96. The Morgan fingerprint density at radius 3 is 2.88 bits per heavy atom. The van der Waals surface area contributed by atoms with Crippen molar-refractivity contribution >= 4 is 27.5 Å². The molecule has 5 heteroatoms. The molecular formula is C20H21N3OS. The molecule has 4 rings (SSSR count). The molecule has 0 radical (unpaired) electrons. The molecule has 2 aromatic carbocycles. The Bertz CT molecular complexity index is 903. The second-order valence-electron chi connectivity index (χ2n) is 6.36. The zero-order valence-corrected chi connectivity index (χ0v) is 14.9. The summed E-state index contributed by atoms with van der Waals surface area (Å²) in [5.74, 6) is -0.000425. The van der Waals surface area contributed by atoms with Crippen LogP contribution in [0.4, 0.5) is 0 Å².